The molecule has 110 valence electrons. The van der Waals surface area contributed by atoms with Gasteiger partial charge in [-0.2, -0.15) is 0 Å². The van der Waals surface area contributed by atoms with Gasteiger partial charge >= 0.3 is 0 Å². The summed E-state index contributed by atoms with van der Waals surface area (Å²) in [4.78, 5) is 2.53. The monoisotopic (exact) mass is 336 g/mol. The molecule has 3 heteroatoms. The van der Waals surface area contributed by atoms with Crippen molar-refractivity contribution in [3.63, 3.8) is 0 Å². The van der Waals surface area contributed by atoms with Gasteiger partial charge in [0.15, 0.2) is 0 Å². The van der Waals surface area contributed by atoms with E-state index in [4.69, 9.17) is 0 Å². The van der Waals surface area contributed by atoms with Crippen LogP contribution in [0.5, 0.6) is 0 Å². The Morgan fingerprint density at radius 1 is 1.20 bits per heavy atom. The fourth-order valence-corrected chi connectivity index (χ4v) is 3.76. The smallest absolute Gasteiger partial charge is 0.0217 e. The number of likely N-dealkylation sites (N-methyl/N-ethyl adjacent to an activating group) is 1. The number of halogens is 1. The molecule has 0 aromatic heterocycles. The molecule has 1 unspecified atom stereocenters. The van der Waals surface area contributed by atoms with Gasteiger partial charge in [0.1, 0.15) is 0 Å². The first kappa shape index (κ1) is 14.6. The van der Waals surface area contributed by atoms with Gasteiger partial charge in [-0.25, -0.2) is 0 Å². The van der Waals surface area contributed by atoms with Crippen molar-refractivity contribution >= 4 is 15.9 Å². The molecular weight excluding hydrogens is 312 g/mol. The first-order valence-corrected chi connectivity index (χ1v) is 8.71. The van der Waals surface area contributed by atoms with Crippen LogP contribution >= 0.6 is 15.9 Å². The Kier molecular flexibility index (Phi) is 4.79. The van der Waals surface area contributed by atoms with Crippen LogP contribution < -0.4 is 5.32 Å². The summed E-state index contributed by atoms with van der Waals surface area (Å²) in [5.74, 6) is 0.768. The number of piperidine rings is 1. The molecule has 1 saturated heterocycles. The number of nitrogens with one attached hydrogen (secondary N) is 1. The van der Waals surface area contributed by atoms with Gasteiger partial charge in [0.2, 0.25) is 0 Å². The maximum Gasteiger partial charge on any atom is 0.0217 e. The van der Waals surface area contributed by atoms with Crippen LogP contribution in [0.3, 0.4) is 0 Å². The first-order chi connectivity index (χ1) is 9.72. The molecular formula is C17H25BrN2. The molecule has 1 heterocycles. The average Bonchev–Trinajstić information content (AvgIpc) is 2.41. The van der Waals surface area contributed by atoms with Gasteiger partial charge in [-0.15, -0.1) is 0 Å². The molecule has 1 N–H and O–H groups in total. The quantitative estimate of drug-likeness (QED) is 0.900. The van der Waals surface area contributed by atoms with Gasteiger partial charge in [-0.1, -0.05) is 34.5 Å². The molecule has 2 nitrogen and oxygen atoms in total. The average molecular weight is 337 g/mol. The minimum absolute atomic E-state index is 0.735. The van der Waals surface area contributed by atoms with E-state index in [1.165, 1.54) is 55.2 Å². The molecule has 0 radical (unpaired) electrons. The summed E-state index contributed by atoms with van der Waals surface area (Å²) in [6.45, 7) is 2.45. The van der Waals surface area contributed by atoms with Crippen molar-refractivity contribution in [3.8, 4) is 0 Å². The van der Waals surface area contributed by atoms with Crippen LogP contribution in [-0.4, -0.2) is 37.1 Å². The second-order valence-electron chi connectivity index (χ2n) is 6.46. The fraction of sp³-hybridized carbons (Fsp3) is 0.647. The Hall–Kier alpha value is -0.380. The van der Waals surface area contributed by atoms with Crippen LogP contribution in [0.1, 0.15) is 43.6 Å². The topological polar surface area (TPSA) is 15.3 Å². The maximum absolute atomic E-state index is 3.78. The Balaban J connectivity index is 1.41. The lowest BCUT2D eigenvalue weighted by molar-refractivity contribution is 0.166. The van der Waals surface area contributed by atoms with Crippen molar-refractivity contribution < 1.29 is 0 Å². The number of benzene rings is 1. The van der Waals surface area contributed by atoms with Gasteiger partial charge in [0.05, 0.1) is 0 Å². The van der Waals surface area contributed by atoms with Crippen LogP contribution in [0, 0.1) is 0 Å². The van der Waals surface area contributed by atoms with E-state index in [1.54, 1.807) is 0 Å². The van der Waals surface area contributed by atoms with Crippen LogP contribution in [0.4, 0.5) is 0 Å². The maximum atomic E-state index is 3.78. The second-order valence-corrected chi connectivity index (χ2v) is 7.37. The van der Waals surface area contributed by atoms with Gasteiger partial charge in [-0.05, 0) is 62.9 Å². The Morgan fingerprint density at radius 3 is 2.65 bits per heavy atom. The highest BCUT2D eigenvalue weighted by Crippen LogP contribution is 2.37. The van der Waals surface area contributed by atoms with Gasteiger partial charge in [0.25, 0.3) is 0 Å². The zero-order chi connectivity index (χ0) is 13.9. The number of nitrogens with zero attached hydrogens (tertiary/aromatic N) is 1. The summed E-state index contributed by atoms with van der Waals surface area (Å²) in [6, 6.07) is 10.3. The molecule has 0 amide bonds. The van der Waals surface area contributed by atoms with Crippen molar-refractivity contribution in [1.82, 2.24) is 10.2 Å². The highest BCUT2D eigenvalue weighted by molar-refractivity contribution is 9.10. The molecule has 3 rings (SSSR count). The summed E-state index contributed by atoms with van der Waals surface area (Å²) < 4.78 is 1.18. The van der Waals surface area contributed by atoms with Gasteiger partial charge < -0.3 is 10.2 Å². The number of likely N-dealkylation sites (tertiary alicyclic amines) is 1. The largest absolute Gasteiger partial charge is 0.312 e. The molecule has 20 heavy (non-hydrogen) atoms. The molecule has 1 aromatic rings. The lowest BCUT2D eigenvalue weighted by Crippen LogP contribution is -2.48. The molecule has 1 saturated carbocycles. The van der Waals surface area contributed by atoms with Crippen molar-refractivity contribution in [2.45, 2.75) is 50.1 Å². The van der Waals surface area contributed by atoms with Crippen LogP contribution in [0.25, 0.3) is 0 Å². The van der Waals surface area contributed by atoms with E-state index in [1.807, 2.05) is 0 Å². The lowest BCUT2D eigenvalue weighted by atomic mass is 9.76. The molecule has 1 aromatic carbocycles. The highest BCUT2D eigenvalue weighted by atomic mass is 79.9. The second kappa shape index (κ2) is 6.59. The summed E-state index contributed by atoms with van der Waals surface area (Å²) in [5, 5.41) is 3.78. The summed E-state index contributed by atoms with van der Waals surface area (Å²) in [5.41, 5.74) is 1.50. The molecule has 1 aliphatic heterocycles. The van der Waals surface area contributed by atoms with Crippen molar-refractivity contribution in [1.29, 1.82) is 0 Å². The van der Waals surface area contributed by atoms with E-state index < -0.39 is 0 Å². The SMILES string of the molecule is CN1CCCCC1CNC1CC(c2ccc(Br)cc2)C1. The van der Waals surface area contributed by atoms with E-state index in [-0.39, 0.29) is 0 Å². The number of rotatable bonds is 4. The molecule has 2 aliphatic rings. The highest BCUT2D eigenvalue weighted by Gasteiger charge is 2.30. The predicted molar refractivity (Wildman–Crippen MR) is 88.2 cm³/mol. The summed E-state index contributed by atoms with van der Waals surface area (Å²) in [7, 11) is 2.27. The molecule has 2 fully saturated rings. The van der Waals surface area contributed by atoms with E-state index >= 15 is 0 Å². The normalized spacial score (nSPS) is 31.0. The standard InChI is InChI=1S/C17H25BrN2/c1-20-9-3-2-4-17(20)12-19-16-10-14(11-16)13-5-7-15(18)8-6-13/h5-8,14,16-17,19H,2-4,9-12H2,1H3. The van der Waals surface area contributed by atoms with Gasteiger partial charge in [-0.3, -0.25) is 0 Å². The van der Waals surface area contributed by atoms with E-state index in [0.29, 0.717) is 0 Å². The zero-order valence-electron chi connectivity index (χ0n) is 12.3. The summed E-state index contributed by atoms with van der Waals surface area (Å²) in [6.07, 6.45) is 6.76. The van der Waals surface area contributed by atoms with E-state index in [2.05, 4.69) is 57.5 Å². The minimum Gasteiger partial charge on any atom is -0.312 e. The van der Waals surface area contributed by atoms with Gasteiger partial charge in [0, 0.05) is 23.1 Å². The van der Waals surface area contributed by atoms with Crippen molar-refractivity contribution in [2.24, 2.45) is 0 Å². The van der Waals surface area contributed by atoms with Crippen LogP contribution in [0.15, 0.2) is 28.7 Å². The zero-order valence-corrected chi connectivity index (χ0v) is 13.9. The van der Waals surface area contributed by atoms with Crippen molar-refractivity contribution in [3.05, 3.63) is 34.3 Å². The molecule has 0 spiro atoms. The molecule has 0 bridgehead atoms. The van der Waals surface area contributed by atoms with Crippen molar-refractivity contribution in [2.75, 3.05) is 20.1 Å². The lowest BCUT2D eigenvalue weighted by Gasteiger charge is -2.39. The Bertz CT molecular complexity index is 425. The third-order valence-corrected chi connectivity index (χ3v) is 5.57. The predicted octanol–water partition coefficient (Wildman–Crippen LogP) is 3.77. The number of hydrogen-bond donors (Lipinski definition) is 1. The Labute approximate surface area is 131 Å². The number of hydrogen-bond acceptors (Lipinski definition) is 2. The summed E-state index contributed by atoms with van der Waals surface area (Å²) >= 11 is 3.50. The Morgan fingerprint density at radius 2 is 1.95 bits per heavy atom. The van der Waals surface area contributed by atoms with E-state index in [0.717, 1.165) is 18.0 Å². The van der Waals surface area contributed by atoms with Crippen LogP contribution in [-0.2, 0) is 0 Å². The third kappa shape index (κ3) is 3.44. The minimum atomic E-state index is 0.735. The third-order valence-electron chi connectivity index (χ3n) is 5.04. The molecule has 1 aliphatic carbocycles. The van der Waals surface area contributed by atoms with E-state index in [9.17, 15) is 0 Å². The first-order valence-electron chi connectivity index (χ1n) is 7.91. The fourth-order valence-electron chi connectivity index (χ4n) is 3.50. The van der Waals surface area contributed by atoms with Crippen LogP contribution in [0.2, 0.25) is 0 Å². The molecule has 1 atom stereocenters.